The molecule has 0 atom stereocenters. The summed E-state index contributed by atoms with van der Waals surface area (Å²) in [6, 6.07) is 13.5. The Labute approximate surface area is 172 Å². The zero-order chi connectivity index (χ0) is 20.3. The summed E-state index contributed by atoms with van der Waals surface area (Å²) in [6.07, 6.45) is 0.0750. The highest BCUT2D eigenvalue weighted by Crippen LogP contribution is 2.30. The lowest BCUT2D eigenvalue weighted by Crippen LogP contribution is -2.22. The molecule has 1 heterocycles. The first kappa shape index (κ1) is 20.5. The number of rotatable bonds is 6. The maximum atomic E-state index is 12.4. The minimum Gasteiger partial charge on any atom is -0.326 e. The van der Waals surface area contributed by atoms with Crippen molar-refractivity contribution in [3.63, 3.8) is 0 Å². The number of nitrogens with zero attached hydrogens (tertiary/aromatic N) is 2. The average molecular weight is 436 g/mol. The smallest absolute Gasteiger partial charge is 0.242 e. The number of hydrogen-bond acceptors (Lipinski definition) is 5. The summed E-state index contributed by atoms with van der Waals surface area (Å²) in [4.78, 5) is 16.9. The highest BCUT2D eigenvalue weighted by atomic mass is 35.5. The maximum Gasteiger partial charge on any atom is 0.242 e. The van der Waals surface area contributed by atoms with Crippen LogP contribution in [0.25, 0.3) is 10.6 Å². The van der Waals surface area contributed by atoms with E-state index < -0.39 is 10.0 Å². The molecular formula is C19H18ClN3O3S2. The predicted molar refractivity (Wildman–Crippen MR) is 112 cm³/mol. The van der Waals surface area contributed by atoms with Crippen molar-refractivity contribution >= 4 is 44.6 Å². The van der Waals surface area contributed by atoms with Crippen LogP contribution >= 0.6 is 22.9 Å². The van der Waals surface area contributed by atoms with Crippen LogP contribution in [-0.2, 0) is 21.2 Å². The second-order valence-corrected chi connectivity index (χ2v) is 9.58. The van der Waals surface area contributed by atoms with Crippen molar-refractivity contribution in [3.05, 3.63) is 64.6 Å². The van der Waals surface area contributed by atoms with Crippen LogP contribution in [0.2, 0.25) is 5.02 Å². The molecule has 1 amide bonds. The molecule has 0 radical (unpaired) electrons. The van der Waals surface area contributed by atoms with Gasteiger partial charge in [-0.1, -0.05) is 35.9 Å². The number of nitrogens with one attached hydrogen (secondary N) is 1. The molecule has 3 aromatic rings. The molecule has 1 aromatic heterocycles. The van der Waals surface area contributed by atoms with Crippen LogP contribution in [0, 0.1) is 0 Å². The van der Waals surface area contributed by atoms with Crippen LogP contribution in [0.4, 0.5) is 5.69 Å². The molecule has 0 saturated heterocycles. The van der Waals surface area contributed by atoms with E-state index in [2.05, 4.69) is 10.3 Å². The Hall–Kier alpha value is -2.26. The van der Waals surface area contributed by atoms with Gasteiger partial charge in [0.2, 0.25) is 15.9 Å². The fourth-order valence-corrected chi connectivity index (χ4v) is 4.55. The van der Waals surface area contributed by atoms with E-state index in [9.17, 15) is 13.2 Å². The predicted octanol–water partition coefficient (Wildman–Crippen LogP) is 3.90. The molecule has 6 nitrogen and oxygen atoms in total. The lowest BCUT2D eigenvalue weighted by atomic mass is 10.2. The molecule has 0 unspecified atom stereocenters. The van der Waals surface area contributed by atoms with Gasteiger partial charge >= 0.3 is 0 Å². The second kappa shape index (κ2) is 8.40. The lowest BCUT2D eigenvalue weighted by molar-refractivity contribution is -0.115. The Morgan fingerprint density at radius 3 is 2.64 bits per heavy atom. The van der Waals surface area contributed by atoms with Gasteiger partial charge in [0.25, 0.3) is 0 Å². The fraction of sp³-hybridized carbons (Fsp3) is 0.158. The van der Waals surface area contributed by atoms with Crippen LogP contribution in [0.15, 0.2) is 58.8 Å². The normalized spacial score (nSPS) is 11.6. The first-order valence-electron chi connectivity index (χ1n) is 8.29. The molecule has 0 saturated carbocycles. The van der Waals surface area contributed by atoms with Crippen LogP contribution in [-0.4, -0.2) is 37.7 Å². The van der Waals surface area contributed by atoms with Gasteiger partial charge < -0.3 is 5.32 Å². The summed E-state index contributed by atoms with van der Waals surface area (Å²) in [5, 5.41) is 5.88. The number of carbonyl (C=O) groups excluding carboxylic acids is 1. The monoisotopic (exact) mass is 435 g/mol. The number of hydrogen-bond donors (Lipinski definition) is 1. The highest BCUT2D eigenvalue weighted by Gasteiger charge is 2.18. The molecule has 3 rings (SSSR count). The fourth-order valence-electron chi connectivity index (χ4n) is 2.46. The Balaban J connectivity index is 1.71. The van der Waals surface area contributed by atoms with Gasteiger partial charge in [-0.3, -0.25) is 4.79 Å². The summed E-state index contributed by atoms with van der Waals surface area (Å²) < 4.78 is 25.6. The number of halogens is 1. The average Bonchev–Trinajstić information content (AvgIpc) is 3.10. The number of amides is 1. The molecule has 2 aromatic carbocycles. The molecule has 28 heavy (non-hydrogen) atoms. The van der Waals surface area contributed by atoms with Crippen LogP contribution in [0.5, 0.6) is 0 Å². The standard InChI is InChI=1S/C19H18ClN3O3S2/c1-23(2)28(25,26)15-7-5-6-13(10-15)21-18(24)11-14-12-27-19(22-14)16-8-3-4-9-17(16)20/h3-10,12H,11H2,1-2H3,(H,21,24). The highest BCUT2D eigenvalue weighted by molar-refractivity contribution is 7.89. The minimum atomic E-state index is -3.57. The third-order valence-corrected chi connectivity index (χ3v) is 6.96. The largest absolute Gasteiger partial charge is 0.326 e. The van der Waals surface area contributed by atoms with Gasteiger partial charge in [0.1, 0.15) is 5.01 Å². The zero-order valence-corrected chi connectivity index (χ0v) is 17.6. The van der Waals surface area contributed by atoms with Crippen molar-refractivity contribution < 1.29 is 13.2 Å². The molecule has 1 N–H and O–H groups in total. The Kier molecular flexibility index (Phi) is 6.14. The maximum absolute atomic E-state index is 12.4. The Morgan fingerprint density at radius 1 is 1.18 bits per heavy atom. The van der Waals surface area contributed by atoms with Crippen LogP contribution < -0.4 is 5.32 Å². The molecule has 0 aliphatic carbocycles. The number of carbonyl (C=O) groups is 1. The van der Waals surface area contributed by atoms with E-state index in [1.54, 1.807) is 18.2 Å². The first-order valence-corrected chi connectivity index (χ1v) is 11.0. The van der Waals surface area contributed by atoms with Gasteiger partial charge in [-0.05, 0) is 24.3 Å². The third-order valence-electron chi connectivity index (χ3n) is 3.89. The van der Waals surface area contributed by atoms with Gasteiger partial charge in [-0.15, -0.1) is 11.3 Å². The van der Waals surface area contributed by atoms with E-state index in [0.717, 1.165) is 14.9 Å². The molecule has 0 fully saturated rings. The topological polar surface area (TPSA) is 79.4 Å². The van der Waals surface area contributed by atoms with E-state index in [1.165, 1.54) is 37.6 Å². The van der Waals surface area contributed by atoms with E-state index in [0.29, 0.717) is 16.4 Å². The van der Waals surface area contributed by atoms with E-state index in [4.69, 9.17) is 11.6 Å². The van der Waals surface area contributed by atoms with E-state index in [1.807, 2.05) is 23.6 Å². The number of anilines is 1. The van der Waals surface area contributed by atoms with E-state index in [-0.39, 0.29) is 17.2 Å². The molecule has 9 heteroatoms. The number of thiazole rings is 1. The van der Waals surface area contributed by atoms with Crippen LogP contribution in [0.3, 0.4) is 0 Å². The van der Waals surface area contributed by atoms with Crippen molar-refractivity contribution in [2.45, 2.75) is 11.3 Å². The first-order chi connectivity index (χ1) is 13.3. The molecule has 0 aliphatic heterocycles. The van der Waals surface area contributed by atoms with Gasteiger partial charge in [-0.25, -0.2) is 17.7 Å². The summed E-state index contributed by atoms with van der Waals surface area (Å²) in [5.41, 5.74) is 1.85. The zero-order valence-electron chi connectivity index (χ0n) is 15.2. The number of benzene rings is 2. The van der Waals surface area contributed by atoms with Gasteiger partial charge in [0, 0.05) is 30.7 Å². The quantitative estimate of drug-likeness (QED) is 0.636. The van der Waals surface area contributed by atoms with E-state index >= 15 is 0 Å². The lowest BCUT2D eigenvalue weighted by Gasteiger charge is -2.12. The van der Waals surface area contributed by atoms with Crippen molar-refractivity contribution in [1.82, 2.24) is 9.29 Å². The van der Waals surface area contributed by atoms with Crippen molar-refractivity contribution in [3.8, 4) is 10.6 Å². The summed E-state index contributed by atoms with van der Waals surface area (Å²) >= 11 is 7.60. The van der Waals surface area contributed by atoms with Crippen molar-refractivity contribution in [2.75, 3.05) is 19.4 Å². The Bertz CT molecular complexity index is 1110. The number of sulfonamides is 1. The Morgan fingerprint density at radius 2 is 1.93 bits per heavy atom. The van der Waals surface area contributed by atoms with Crippen molar-refractivity contribution in [1.29, 1.82) is 0 Å². The molecular weight excluding hydrogens is 418 g/mol. The molecule has 0 spiro atoms. The molecule has 0 bridgehead atoms. The SMILES string of the molecule is CN(C)S(=O)(=O)c1cccc(NC(=O)Cc2csc(-c3ccccc3Cl)n2)c1. The molecule has 146 valence electrons. The minimum absolute atomic E-state index is 0.0750. The third kappa shape index (κ3) is 4.59. The second-order valence-electron chi connectivity index (χ2n) is 6.16. The van der Waals surface area contributed by atoms with Crippen molar-refractivity contribution in [2.24, 2.45) is 0 Å². The summed E-state index contributed by atoms with van der Waals surface area (Å²) in [6.45, 7) is 0. The van der Waals surface area contributed by atoms with Gasteiger partial charge in [0.05, 0.1) is 22.0 Å². The van der Waals surface area contributed by atoms with Gasteiger partial charge in [0.15, 0.2) is 0 Å². The summed E-state index contributed by atoms with van der Waals surface area (Å²) in [5.74, 6) is -0.282. The molecule has 0 aliphatic rings. The number of aromatic nitrogens is 1. The summed E-state index contributed by atoms with van der Waals surface area (Å²) in [7, 11) is -0.651. The van der Waals surface area contributed by atoms with Gasteiger partial charge in [-0.2, -0.15) is 0 Å². The van der Waals surface area contributed by atoms with Crippen LogP contribution in [0.1, 0.15) is 5.69 Å².